The summed E-state index contributed by atoms with van der Waals surface area (Å²) in [5.74, 6) is -0.701. The van der Waals surface area contributed by atoms with Gasteiger partial charge in [-0.3, -0.25) is 0 Å². The SMILES string of the molecule is CCC(CC)N(CCO)c1ncc(N)cc1C(=O)O. The van der Waals surface area contributed by atoms with Crippen molar-refractivity contribution in [2.45, 2.75) is 32.7 Å². The van der Waals surface area contributed by atoms with E-state index in [1.54, 1.807) is 0 Å². The van der Waals surface area contributed by atoms with Gasteiger partial charge in [0.15, 0.2) is 0 Å². The molecule has 106 valence electrons. The van der Waals surface area contributed by atoms with Crippen LogP contribution in [0, 0.1) is 0 Å². The van der Waals surface area contributed by atoms with Crippen molar-refractivity contribution in [3.05, 3.63) is 17.8 Å². The molecule has 19 heavy (non-hydrogen) atoms. The highest BCUT2D eigenvalue weighted by molar-refractivity contribution is 5.94. The van der Waals surface area contributed by atoms with E-state index in [1.807, 2.05) is 18.7 Å². The van der Waals surface area contributed by atoms with Gasteiger partial charge in [-0.15, -0.1) is 0 Å². The molecule has 0 fully saturated rings. The average Bonchev–Trinajstić information content (AvgIpc) is 2.39. The van der Waals surface area contributed by atoms with E-state index in [9.17, 15) is 15.0 Å². The summed E-state index contributed by atoms with van der Waals surface area (Å²) in [5.41, 5.74) is 5.97. The molecule has 0 amide bonds. The van der Waals surface area contributed by atoms with Crippen LogP contribution in [0.2, 0.25) is 0 Å². The van der Waals surface area contributed by atoms with E-state index in [-0.39, 0.29) is 18.2 Å². The summed E-state index contributed by atoms with van der Waals surface area (Å²) in [4.78, 5) is 17.3. The fourth-order valence-electron chi connectivity index (χ4n) is 2.16. The largest absolute Gasteiger partial charge is 0.478 e. The second-order valence-corrected chi connectivity index (χ2v) is 4.33. The lowest BCUT2D eigenvalue weighted by Crippen LogP contribution is -2.38. The standard InChI is InChI=1S/C13H21N3O3/c1-3-10(4-2)16(5-6-17)12-11(13(18)19)7-9(14)8-15-12/h7-8,10,17H,3-6,14H2,1-2H3,(H,18,19). The molecule has 6 nitrogen and oxygen atoms in total. The Balaban J connectivity index is 3.25. The third kappa shape index (κ3) is 3.57. The topological polar surface area (TPSA) is 99.7 Å². The number of nitrogens with two attached hydrogens (primary N) is 1. The highest BCUT2D eigenvalue weighted by atomic mass is 16.4. The average molecular weight is 267 g/mol. The maximum Gasteiger partial charge on any atom is 0.339 e. The Morgan fingerprint density at radius 2 is 2.11 bits per heavy atom. The van der Waals surface area contributed by atoms with Gasteiger partial charge in [0, 0.05) is 12.6 Å². The fraction of sp³-hybridized carbons (Fsp3) is 0.538. The smallest absolute Gasteiger partial charge is 0.339 e. The Labute approximate surface area is 112 Å². The van der Waals surface area contributed by atoms with E-state index >= 15 is 0 Å². The molecule has 4 N–H and O–H groups in total. The number of rotatable bonds is 7. The Kier molecular flexibility index (Phi) is 5.57. The van der Waals surface area contributed by atoms with Crippen molar-refractivity contribution >= 4 is 17.5 Å². The van der Waals surface area contributed by atoms with Crippen molar-refractivity contribution in [3.63, 3.8) is 0 Å². The van der Waals surface area contributed by atoms with E-state index in [0.717, 1.165) is 12.8 Å². The Bertz CT molecular complexity index is 433. The van der Waals surface area contributed by atoms with Gasteiger partial charge in [0.25, 0.3) is 0 Å². The molecule has 0 aliphatic rings. The van der Waals surface area contributed by atoms with E-state index in [2.05, 4.69) is 4.98 Å². The van der Waals surface area contributed by atoms with Gasteiger partial charge in [-0.1, -0.05) is 13.8 Å². The van der Waals surface area contributed by atoms with Crippen molar-refractivity contribution in [1.29, 1.82) is 0 Å². The molecule has 0 unspecified atom stereocenters. The molecule has 0 radical (unpaired) electrons. The second-order valence-electron chi connectivity index (χ2n) is 4.33. The van der Waals surface area contributed by atoms with Crippen LogP contribution in [0.25, 0.3) is 0 Å². The van der Waals surface area contributed by atoms with Crippen LogP contribution in [-0.4, -0.2) is 40.4 Å². The first-order valence-corrected chi connectivity index (χ1v) is 6.41. The van der Waals surface area contributed by atoms with E-state index in [1.165, 1.54) is 12.3 Å². The summed E-state index contributed by atoms with van der Waals surface area (Å²) in [5, 5.41) is 18.4. The minimum Gasteiger partial charge on any atom is -0.478 e. The summed E-state index contributed by atoms with van der Waals surface area (Å²) in [6.07, 6.45) is 3.14. The van der Waals surface area contributed by atoms with Crippen molar-refractivity contribution in [3.8, 4) is 0 Å². The molecule has 0 saturated carbocycles. The van der Waals surface area contributed by atoms with Gasteiger partial charge < -0.3 is 20.8 Å². The third-order valence-electron chi connectivity index (χ3n) is 3.11. The summed E-state index contributed by atoms with van der Waals surface area (Å²) in [7, 11) is 0. The molecule has 0 aliphatic carbocycles. The molecular formula is C13H21N3O3. The summed E-state index contributed by atoms with van der Waals surface area (Å²) in [6, 6.07) is 1.54. The van der Waals surface area contributed by atoms with Crippen LogP contribution in [0.15, 0.2) is 12.3 Å². The third-order valence-corrected chi connectivity index (χ3v) is 3.11. The van der Waals surface area contributed by atoms with Gasteiger partial charge >= 0.3 is 5.97 Å². The number of nitrogens with zero attached hydrogens (tertiary/aromatic N) is 2. The molecule has 1 rings (SSSR count). The number of carboxylic acids is 1. The Hall–Kier alpha value is -1.82. The highest BCUT2D eigenvalue weighted by Gasteiger charge is 2.22. The first-order valence-electron chi connectivity index (χ1n) is 6.41. The molecule has 1 aromatic heterocycles. The summed E-state index contributed by atoms with van der Waals surface area (Å²) in [6.45, 7) is 4.34. The van der Waals surface area contributed by atoms with Gasteiger partial charge in [-0.2, -0.15) is 0 Å². The number of hydrogen-bond donors (Lipinski definition) is 3. The minimum atomic E-state index is -1.07. The minimum absolute atomic E-state index is 0.0540. The summed E-state index contributed by atoms with van der Waals surface area (Å²) >= 11 is 0. The zero-order valence-electron chi connectivity index (χ0n) is 11.3. The lowest BCUT2D eigenvalue weighted by atomic mass is 10.1. The number of aromatic nitrogens is 1. The number of pyridine rings is 1. The van der Waals surface area contributed by atoms with Gasteiger partial charge in [0.05, 0.1) is 18.5 Å². The first-order chi connectivity index (χ1) is 9.04. The number of aromatic carboxylic acids is 1. The van der Waals surface area contributed by atoms with Gasteiger partial charge in [-0.25, -0.2) is 9.78 Å². The quantitative estimate of drug-likeness (QED) is 0.689. The summed E-state index contributed by atoms with van der Waals surface area (Å²) < 4.78 is 0. The van der Waals surface area contributed by atoms with Crippen molar-refractivity contribution < 1.29 is 15.0 Å². The van der Waals surface area contributed by atoms with E-state index in [4.69, 9.17) is 5.73 Å². The number of aliphatic hydroxyl groups is 1. The van der Waals surface area contributed by atoms with Gasteiger partial charge in [0.2, 0.25) is 0 Å². The molecule has 0 atom stereocenters. The monoisotopic (exact) mass is 267 g/mol. The number of carbonyl (C=O) groups is 1. The number of carboxylic acid groups (broad SMARTS) is 1. The first kappa shape index (κ1) is 15.2. The Morgan fingerprint density at radius 3 is 2.58 bits per heavy atom. The predicted octanol–water partition coefficient (Wildman–Crippen LogP) is 1.35. The van der Waals surface area contributed by atoms with Crippen LogP contribution >= 0.6 is 0 Å². The number of aliphatic hydroxyl groups excluding tert-OH is 1. The normalized spacial score (nSPS) is 10.7. The van der Waals surface area contributed by atoms with Crippen LogP contribution in [-0.2, 0) is 0 Å². The second kappa shape index (κ2) is 6.94. The lowest BCUT2D eigenvalue weighted by molar-refractivity contribution is 0.0697. The van der Waals surface area contributed by atoms with Crippen molar-refractivity contribution in [2.75, 3.05) is 23.8 Å². The van der Waals surface area contributed by atoms with Crippen LogP contribution < -0.4 is 10.6 Å². The van der Waals surface area contributed by atoms with Crippen LogP contribution in [0.1, 0.15) is 37.0 Å². The van der Waals surface area contributed by atoms with Crippen LogP contribution in [0.4, 0.5) is 11.5 Å². The molecule has 0 bridgehead atoms. The van der Waals surface area contributed by atoms with E-state index in [0.29, 0.717) is 18.1 Å². The number of hydrogen-bond acceptors (Lipinski definition) is 5. The zero-order chi connectivity index (χ0) is 14.4. The highest BCUT2D eigenvalue weighted by Crippen LogP contribution is 2.24. The predicted molar refractivity (Wildman–Crippen MR) is 74.4 cm³/mol. The van der Waals surface area contributed by atoms with Crippen molar-refractivity contribution in [2.24, 2.45) is 0 Å². The number of nitrogen functional groups attached to an aromatic ring is 1. The molecule has 1 aromatic rings. The fourth-order valence-corrected chi connectivity index (χ4v) is 2.16. The number of anilines is 2. The van der Waals surface area contributed by atoms with Crippen molar-refractivity contribution in [1.82, 2.24) is 4.98 Å². The maximum atomic E-state index is 11.3. The molecule has 0 saturated heterocycles. The zero-order valence-corrected chi connectivity index (χ0v) is 11.3. The van der Waals surface area contributed by atoms with E-state index < -0.39 is 5.97 Å². The van der Waals surface area contributed by atoms with Gasteiger partial charge in [-0.05, 0) is 18.9 Å². The van der Waals surface area contributed by atoms with Crippen LogP contribution in [0.3, 0.4) is 0 Å². The molecule has 0 aliphatic heterocycles. The van der Waals surface area contributed by atoms with Crippen LogP contribution in [0.5, 0.6) is 0 Å². The molecular weight excluding hydrogens is 246 g/mol. The molecule has 6 heteroatoms. The van der Waals surface area contributed by atoms with Gasteiger partial charge in [0.1, 0.15) is 11.4 Å². The molecule has 0 spiro atoms. The molecule has 1 heterocycles. The lowest BCUT2D eigenvalue weighted by Gasteiger charge is -2.32. The molecule has 0 aromatic carbocycles. The maximum absolute atomic E-state index is 11.3. The Morgan fingerprint density at radius 1 is 1.47 bits per heavy atom.